The molecule has 0 aliphatic heterocycles. The largest absolute Gasteiger partial charge is 0.341 e. The molecule has 0 bridgehead atoms. The quantitative estimate of drug-likeness (QED) is 0.694. The van der Waals surface area contributed by atoms with Gasteiger partial charge in [-0.15, -0.1) is 0 Å². The summed E-state index contributed by atoms with van der Waals surface area (Å²) in [5.41, 5.74) is -0.685. The smallest absolute Gasteiger partial charge is 0.243 e. The van der Waals surface area contributed by atoms with Crippen LogP contribution in [0.2, 0.25) is 0 Å². The van der Waals surface area contributed by atoms with Gasteiger partial charge in [0.2, 0.25) is 5.91 Å². The fourth-order valence-corrected chi connectivity index (χ4v) is 2.49. The first-order chi connectivity index (χ1) is 7.19. The highest BCUT2D eigenvalue weighted by Crippen LogP contribution is 2.39. The molecule has 0 saturated heterocycles. The Hall–Kier alpha value is -1.04. The van der Waals surface area contributed by atoms with Crippen LogP contribution in [0.5, 0.6) is 0 Å². The third-order valence-corrected chi connectivity index (χ3v) is 3.75. The minimum Gasteiger partial charge on any atom is -0.341 e. The van der Waals surface area contributed by atoms with Crippen molar-refractivity contribution in [2.75, 3.05) is 7.05 Å². The monoisotopic (exact) mass is 206 g/mol. The van der Waals surface area contributed by atoms with Crippen LogP contribution < -0.4 is 0 Å². The molecule has 0 spiro atoms. The molecule has 0 aromatic rings. The van der Waals surface area contributed by atoms with Gasteiger partial charge in [0.15, 0.2) is 0 Å². The zero-order valence-electron chi connectivity index (χ0n) is 9.33. The lowest BCUT2D eigenvalue weighted by Gasteiger charge is -2.33. The number of carbonyl (C=O) groups excluding carboxylic acids is 1. The van der Waals surface area contributed by atoms with Gasteiger partial charge < -0.3 is 4.90 Å². The van der Waals surface area contributed by atoms with Crippen molar-refractivity contribution in [1.82, 2.24) is 4.90 Å². The summed E-state index contributed by atoms with van der Waals surface area (Å²) >= 11 is 0. The van der Waals surface area contributed by atoms with Crippen molar-refractivity contribution >= 4 is 5.91 Å². The van der Waals surface area contributed by atoms with Crippen molar-refractivity contribution in [1.29, 1.82) is 5.26 Å². The predicted octanol–water partition coefficient (Wildman–Crippen LogP) is 2.08. The van der Waals surface area contributed by atoms with Gasteiger partial charge >= 0.3 is 0 Å². The second-order valence-corrected chi connectivity index (χ2v) is 4.90. The lowest BCUT2D eigenvalue weighted by Crippen LogP contribution is -2.43. The first-order valence-electron chi connectivity index (χ1n) is 5.88. The zero-order valence-corrected chi connectivity index (χ0v) is 9.33. The average molecular weight is 206 g/mol. The lowest BCUT2D eigenvalue weighted by atomic mass is 9.74. The van der Waals surface area contributed by atoms with E-state index in [2.05, 4.69) is 6.07 Å². The Balaban J connectivity index is 2.10. The fraction of sp³-hybridized carbons (Fsp3) is 0.833. The molecule has 0 radical (unpaired) electrons. The summed E-state index contributed by atoms with van der Waals surface area (Å²) in [6.07, 6.45) is 6.98. The molecule has 3 nitrogen and oxygen atoms in total. The van der Waals surface area contributed by atoms with Gasteiger partial charge in [0.1, 0.15) is 5.41 Å². The Labute approximate surface area is 91.1 Å². The molecule has 3 heteroatoms. The van der Waals surface area contributed by atoms with Crippen molar-refractivity contribution < 1.29 is 4.79 Å². The minimum atomic E-state index is -0.685. The Kier molecular flexibility index (Phi) is 2.68. The molecule has 2 saturated carbocycles. The Morgan fingerprint density at radius 3 is 2.40 bits per heavy atom. The van der Waals surface area contributed by atoms with Gasteiger partial charge in [0.05, 0.1) is 6.07 Å². The van der Waals surface area contributed by atoms with Gasteiger partial charge in [-0.1, -0.05) is 19.3 Å². The van der Waals surface area contributed by atoms with E-state index in [4.69, 9.17) is 0 Å². The van der Waals surface area contributed by atoms with E-state index < -0.39 is 5.41 Å². The molecule has 0 aromatic heterocycles. The van der Waals surface area contributed by atoms with Gasteiger partial charge in [-0.2, -0.15) is 5.26 Å². The molecule has 2 fully saturated rings. The van der Waals surface area contributed by atoms with Crippen molar-refractivity contribution in [2.45, 2.75) is 51.0 Å². The first-order valence-corrected chi connectivity index (χ1v) is 5.88. The molecule has 82 valence electrons. The maximum atomic E-state index is 12.2. The van der Waals surface area contributed by atoms with Crippen LogP contribution in [0.1, 0.15) is 44.9 Å². The van der Waals surface area contributed by atoms with Crippen LogP contribution in [0.3, 0.4) is 0 Å². The molecule has 15 heavy (non-hydrogen) atoms. The summed E-state index contributed by atoms with van der Waals surface area (Å²) in [5, 5.41) is 9.27. The van der Waals surface area contributed by atoms with Crippen LogP contribution in [-0.4, -0.2) is 23.9 Å². The average Bonchev–Trinajstić information content (AvgIpc) is 3.12. The van der Waals surface area contributed by atoms with Crippen LogP contribution in [-0.2, 0) is 4.79 Å². The van der Waals surface area contributed by atoms with E-state index in [1.54, 1.807) is 0 Å². The maximum absolute atomic E-state index is 12.2. The van der Waals surface area contributed by atoms with Crippen molar-refractivity contribution in [3.05, 3.63) is 0 Å². The molecule has 2 aliphatic rings. The molecule has 0 N–H and O–H groups in total. The summed E-state index contributed by atoms with van der Waals surface area (Å²) in [4.78, 5) is 14.0. The van der Waals surface area contributed by atoms with Crippen molar-refractivity contribution in [3.8, 4) is 6.07 Å². The maximum Gasteiger partial charge on any atom is 0.243 e. The molecule has 0 aromatic carbocycles. The van der Waals surface area contributed by atoms with Gasteiger partial charge in [-0.25, -0.2) is 0 Å². The summed E-state index contributed by atoms with van der Waals surface area (Å²) in [5.74, 6) is 0.0761. The second-order valence-electron chi connectivity index (χ2n) is 4.90. The molecule has 2 aliphatic carbocycles. The number of hydrogen-bond donors (Lipinski definition) is 0. The number of amides is 1. The molecular weight excluding hydrogens is 188 g/mol. The third-order valence-electron chi connectivity index (χ3n) is 3.75. The van der Waals surface area contributed by atoms with E-state index >= 15 is 0 Å². The van der Waals surface area contributed by atoms with Crippen LogP contribution in [0.15, 0.2) is 0 Å². The van der Waals surface area contributed by atoms with Crippen LogP contribution >= 0.6 is 0 Å². The standard InChI is InChI=1S/C12H18N2O/c1-14(10-5-6-10)11(15)12(9-13)7-3-2-4-8-12/h10H,2-8H2,1H3. The highest BCUT2D eigenvalue weighted by atomic mass is 16.2. The normalized spacial score (nSPS) is 24.3. The highest BCUT2D eigenvalue weighted by molar-refractivity contribution is 5.85. The fourth-order valence-electron chi connectivity index (χ4n) is 2.49. The van der Waals surface area contributed by atoms with Crippen LogP contribution in [0.25, 0.3) is 0 Å². The van der Waals surface area contributed by atoms with E-state index in [0.717, 1.165) is 38.5 Å². The molecular formula is C12H18N2O. The van der Waals surface area contributed by atoms with E-state index in [1.807, 2.05) is 11.9 Å². The van der Waals surface area contributed by atoms with E-state index in [0.29, 0.717) is 6.04 Å². The molecule has 0 heterocycles. The van der Waals surface area contributed by atoms with Crippen molar-refractivity contribution in [2.24, 2.45) is 5.41 Å². The predicted molar refractivity (Wildman–Crippen MR) is 56.9 cm³/mol. The van der Waals surface area contributed by atoms with E-state index in [-0.39, 0.29) is 5.91 Å². The topological polar surface area (TPSA) is 44.1 Å². The number of hydrogen-bond acceptors (Lipinski definition) is 2. The molecule has 0 atom stereocenters. The van der Waals surface area contributed by atoms with Gasteiger partial charge in [0.25, 0.3) is 0 Å². The Morgan fingerprint density at radius 1 is 1.33 bits per heavy atom. The highest BCUT2D eigenvalue weighted by Gasteiger charge is 2.44. The second kappa shape index (κ2) is 3.84. The number of nitriles is 1. The first kappa shape index (κ1) is 10.5. The minimum absolute atomic E-state index is 0.0761. The molecule has 0 unspecified atom stereocenters. The van der Waals surface area contributed by atoms with E-state index in [9.17, 15) is 10.1 Å². The van der Waals surface area contributed by atoms with Crippen molar-refractivity contribution in [3.63, 3.8) is 0 Å². The number of rotatable bonds is 2. The summed E-state index contributed by atoms with van der Waals surface area (Å²) in [6.45, 7) is 0. The SMILES string of the molecule is CN(C(=O)C1(C#N)CCCCC1)C1CC1. The van der Waals surface area contributed by atoms with Gasteiger partial charge in [-0.05, 0) is 25.7 Å². The van der Waals surface area contributed by atoms with Crippen LogP contribution in [0.4, 0.5) is 0 Å². The van der Waals surface area contributed by atoms with E-state index in [1.165, 1.54) is 6.42 Å². The lowest BCUT2D eigenvalue weighted by molar-refractivity contribution is -0.139. The Morgan fingerprint density at radius 2 is 1.93 bits per heavy atom. The molecule has 2 rings (SSSR count). The summed E-state index contributed by atoms with van der Waals surface area (Å²) in [6, 6.07) is 2.71. The van der Waals surface area contributed by atoms with Gasteiger partial charge in [0, 0.05) is 13.1 Å². The summed E-state index contributed by atoms with van der Waals surface area (Å²) < 4.78 is 0. The zero-order chi connectivity index (χ0) is 10.9. The van der Waals surface area contributed by atoms with Gasteiger partial charge in [-0.3, -0.25) is 4.79 Å². The van der Waals surface area contributed by atoms with Crippen LogP contribution in [0, 0.1) is 16.7 Å². The Bertz CT molecular complexity index is 295. The number of carbonyl (C=O) groups is 1. The molecule has 1 amide bonds. The summed E-state index contributed by atoms with van der Waals surface area (Å²) in [7, 11) is 1.85. The number of nitrogens with zero attached hydrogens (tertiary/aromatic N) is 2. The third kappa shape index (κ3) is 1.86.